The zero-order chi connectivity index (χ0) is 31.3. The van der Waals surface area contributed by atoms with Crippen molar-refractivity contribution in [2.24, 2.45) is 0 Å². The molecule has 3 nitrogen and oxygen atoms in total. The minimum atomic E-state index is -0.116. The van der Waals surface area contributed by atoms with Crippen molar-refractivity contribution in [3.63, 3.8) is 0 Å². The number of rotatable bonds is 37. The first-order valence-corrected chi connectivity index (χ1v) is 20.0. The fourth-order valence-electron chi connectivity index (χ4n) is 6.27. The standard InChI is InChI=1S/C40H80O3/c1-3-4-5-6-7-8-9-18-22-25-28-31-34-37-40(42)43-38-35-32-29-26-23-20-17-15-13-11-10-12-14-16-19-21-24-27-30-33-36-39(2)41/h39,41H,3-38H2,1-2H3. The number of carbonyl (C=O) groups excluding carboxylic acids is 1. The topological polar surface area (TPSA) is 46.5 Å². The average molecular weight is 609 g/mol. The van der Waals surface area contributed by atoms with E-state index in [9.17, 15) is 9.90 Å². The predicted molar refractivity (Wildman–Crippen MR) is 190 cm³/mol. The number of carbonyl (C=O) groups is 1. The lowest BCUT2D eigenvalue weighted by Crippen LogP contribution is -2.05. The van der Waals surface area contributed by atoms with Gasteiger partial charge in [0.05, 0.1) is 12.7 Å². The van der Waals surface area contributed by atoms with Crippen LogP contribution in [0.1, 0.15) is 239 Å². The molecule has 0 aliphatic carbocycles. The lowest BCUT2D eigenvalue weighted by molar-refractivity contribution is -0.143. The van der Waals surface area contributed by atoms with Gasteiger partial charge in [-0.05, 0) is 26.2 Å². The van der Waals surface area contributed by atoms with Crippen LogP contribution in [0.5, 0.6) is 0 Å². The normalized spacial score (nSPS) is 12.2. The smallest absolute Gasteiger partial charge is 0.305 e. The molecule has 0 amide bonds. The monoisotopic (exact) mass is 609 g/mol. The Morgan fingerprint density at radius 2 is 0.721 bits per heavy atom. The number of aliphatic hydroxyl groups is 1. The molecule has 0 saturated carbocycles. The van der Waals surface area contributed by atoms with E-state index in [1.807, 2.05) is 6.92 Å². The second-order valence-corrected chi connectivity index (χ2v) is 13.9. The van der Waals surface area contributed by atoms with Gasteiger partial charge in [0.25, 0.3) is 0 Å². The Bertz CT molecular complexity index is 518. The maximum absolute atomic E-state index is 11.9. The van der Waals surface area contributed by atoms with E-state index in [-0.39, 0.29) is 12.1 Å². The molecule has 0 aliphatic rings. The highest BCUT2D eigenvalue weighted by molar-refractivity contribution is 5.69. The molecule has 0 rings (SSSR count). The molecule has 258 valence electrons. The van der Waals surface area contributed by atoms with E-state index in [0.29, 0.717) is 13.0 Å². The molecule has 0 aromatic carbocycles. The minimum absolute atomic E-state index is 0.0231. The summed E-state index contributed by atoms with van der Waals surface area (Å²) in [7, 11) is 0. The van der Waals surface area contributed by atoms with E-state index < -0.39 is 0 Å². The van der Waals surface area contributed by atoms with Crippen molar-refractivity contribution in [2.45, 2.75) is 245 Å². The van der Waals surface area contributed by atoms with Crippen LogP contribution in [0.2, 0.25) is 0 Å². The Morgan fingerprint density at radius 1 is 0.442 bits per heavy atom. The van der Waals surface area contributed by atoms with Crippen LogP contribution in [0, 0.1) is 0 Å². The van der Waals surface area contributed by atoms with Gasteiger partial charge in [-0.15, -0.1) is 0 Å². The average Bonchev–Trinajstić information content (AvgIpc) is 2.99. The Morgan fingerprint density at radius 3 is 1.05 bits per heavy atom. The number of hydrogen-bond acceptors (Lipinski definition) is 3. The fourth-order valence-corrected chi connectivity index (χ4v) is 6.27. The maximum Gasteiger partial charge on any atom is 0.305 e. The SMILES string of the molecule is CCCCCCCCCCCCCCCC(=O)OCCCCCCCCCCCCCCCCCCCCCCC(C)O. The fraction of sp³-hybridized carbons (Fsp3) is 0.975. The predicted octanol–water partition coefficient (Wildman–Crippen LogP) is 13.6. The van der Waals surface area contributed by atoms with E-state index in [4.69, 9.17) is 4.74 Å². The quantitative estimate of drug-likeness (QED) is 0.0563. The molecule has 1 N–H and O–H groups in total. The molecule has 0 aromatic rings. The van der Waals surface area contributed by atoms with Gasteiger partial charge >= 0.3 is 5.97 Å². The molecule has 0 heterocycles. The third kappa shape index (κ3) is 39.4. The van der Waals surface area contributed by atoms with Gasteiger partial charge in [-0.25, -0.2) is 0 Å². The minimum Gasteiger partial charge on any atom is -0.466 e. The first kappa shape index (κ1) is 42.4. The number of ether oxygens (including phenoxy) is 1. The molecule has 0 spiro atoms. The van der Waals surface area contributed by atoms with Crippen molar-refractivity contribution in [3.8, 4) is 0 Å². The van der Waals surface area contributed by atoms with Crippen LogP contribution in [0.4, 0.5) is 0 Å². The summed E-state index contributed by atoms with van der Waals surface area (Å²) < 4.78 is 5.45. The highest BCUT2D eigenvalue weighted by Crippen LogP contribution is 2.16. The molecule has 0 radical (unpaired) electrons. The van der Waals surface area contributed by atoms with Crippen molar-refractivity contribution in [3.05, 3.63) is 0 Å². The zero-order valence-corrected chi connectivity index (χ0v) is 29.8. The Hall–Kier alpha value is -0.570. The molecule has 1 atom stereocenters. The van der Waals surface area contributed by atoms with Crippen molar-refractivity contribution >= 4 is 5.97 Å². The summed E-state index contributed by atoms with van der Waals surface area (Å²) in [6, 6.07) is 0. The van der Waals surface area contributed by atoms with Crippen LogP contribution in [0.15, 0.2) is 0 Å². The van der Waals surface area contributed by atoms with Crippen LogP contribution < -0.4 is 0 Å². The maximum atomic E-state index is 11.9. The van der Waals surface area contributed by atoms with Crippen LogP contribution in [-0.4, -0.2) is 23.8 Å². The summed E-state index contributed by atoms with van der Waals surface area (Å²) in [5, 5.41) is 9.27. The number of esters is 1. The highest BCUT2D eigenvalue weighted by Gasteiger charge is 2.03. The first-order valence-electron chi connectivity index (χ1n) is 20.0. The number of unbranched alkanes of at least 4 members (excludes halogenated alkanes) is 31. The molecule has 0 aliphatic heterocycles. The van der Waals surface area contributed by atoms with E-state index in [0.717, 1.165) is 19.3 Å². The molecule has 3 heteroatoms. The first-order chi connectivity index (χ1) is 21.2. The molecule has 0 saturated heterocycles. The lowest BCUT2D eigenvalue weighted by atomic mass is 10.0. The molecule has 0 fully saturated rings. The number of aliphatic hydroxyl groups excluding tert-OH is 1. The third-order valence-corrected chi connectivity index (χ3v) is 9.26. The van der Waals surface area contributed by atoms with Gasteiger partial charge in [-0.1, -0.05) is 206 Å². The zero-order valence-electron chi connectivity index (χ0n) is 29.8. The molecule has 43 heavy (non-hydrogen) atoms. The van der Waals surface area contributed by atoms with E-state index in [2.05, 4.69) is 6.92 Å². The summed E-state index contributed by atoms with van der Waals surface area (Å²) in [4.78, 5) is 11.9. The summed E-state index contributed by atoms with van der Waals surface area (Å²) in [5.74, 6) is 0.0231. The van der Waals surface area contributed by atoms with Crippen molar-refractivity contribution in [2.75, 3.05) is 6.61 Å². The van der Waals surface area contributed by atoms with Gasteiger partial charge < -0.3 is 9.84 Å². The van der Waals surface area contributed by atoms with Crippen LogP contribution in [-0.2, 0) is 9.53 Å². The van der Waals surface area contributed by atoms with Crippen LogP contribution >= 0.6 is 0 Å². The van der Waals surface area contributed by atoms with Gasteiger partial charge in [0.2, 0.25) is 0 Å². The Labute approximate surface area is 271 Å². The summed E-state index contributed by atoms with van der Waals surface area (Å²) in [6.45, 7) is 4.81. The third-order valence-electron chi connectivity index (χ3n) is 9.26. The van der Waals surface area contributed by atoms with Gasteiger partial charge in [-0.3, -0.25) is 4.79 Å². The number of hydrogen-bond donors (Lipinski definition) is 1. The second-order valence-electron chi connectivity index (χ2n) is 13.9. The summed E-state index contributed by atoms with van der Waals surface area (Å²) in [5.41, 5.74) is 0. The van der Waals surface area contributed by atoms with Crippen molar-refractivity contribution in [1.82, 2.24) is 0 Å². The van der Waals surface area contributed by atoms with Gasteiger partial charge in [-0.2, -0.15) is 0 Å². The van der Waals surface area contributed by atoms with Crippen LogP contribution in [0.25, 0.3) is 0 Å². The molecular weight excluding hydrogens is 528 g/mol. The summed E-state index contributed by atoms with van der Waals surface area (Å²) in [6.07, 6.45) is 46.0. The Kier molecular flexibility index (Phi) is 37.1. The largest absolute Gasteiger partial charge is 0.466 e. The van der Waals surface area contributed by atoms with Crippen molar-refractivity contribution < 1.29 is 14.6 Å². The van der Waals surface area contributed by atoms with E-state index in [1.165, 1.54) is 199 Å². The van der Waals surface area contributed by atoms with E-state index >= 15 is 0 Å². The second kappa shape index (κ2) is 37.6. The van der Waals surface area contributed by atoms with Crippen molar-refractivity contribution in [1.29, 1.82) is 0 Å². The summed E-state index contributed by atoms with van der Waals surface area (Å²) >= 11 is 0. The molecule has 1 unspecified atom stereocenters. The Balaban J connectivity index is 3.13. The van der Waals surface area contributed by atoms with Gasteiger partial charge in [0.1, 0.15) is 0 Å². The van der Waals surface area contributed by atoms with Gasteiger partial charge in [0, 0.05) is 6.42 Å². The van der Waals surface area contributed by atoms with Gasteiger partial charge in [0.15, 0.2) is 0 Å². The molecule has 0 bridgehead atoms. The molecule has 0 aromatic heterocycles. The molecular formula is C40H80O3. The van der Waals surface area contributed by atoms with E-state index in [1.54, 1.807) is 0 Å². The lowest BCUT2D eigenvalue weighted by Gasteiger charge is -2.06. The van der Waals surface area contributed by atoms with Crippen LogP contribution in [0.3, 0.4) is 0 Å². The highest BCUT2D eigenvalue weighted by atomic mass is 16.5.